The van der Waals surface area contributed by atoms with Crippen molar-refractivity contribution in [2.75, 3.05) is 20.1 Å². The summed E-state index contributed by atoms with van der Waals surface area (Å²) >= 11 is 6.71. The maximum atomic E-state index is 6.71. The summed E-state index contributed by atoms with van der Waals surface area (Å²) in [5, 5.41) is 1.89. The van der Waals surface area contributed by atoms with Crippen molar-refractivity contribution in [1.82, 2.24) is 19.4 Å². The van der Waals surface area contributed by atoms with Gasteiger partial charge >= 0.3 is 0 Å². The third-order valence-corrected chi connectivity index (χ3v) is 6.89. The molecule has 1 aliphatic heterocycles. The first-order chi connectivity index (χ1) is 14.7. The second kappa shape index (κ2) is 8.44. The number of hydrogen-bond donors (Lipinski definition) is 1. The molecule has 0 bridgehead atoms. The van der Waals surface area contributed by atoms with Gasteiger partial charge in [0.05, 0.1) is 21.6 Å². The molecule has 5 heteroatoms. The average molecular weight is 421 g/mol. The fourth-order valence-electron chi connectivity index (χ4n) is 4.83. The van der Waals surface area contributed by atoms with Crippen LogP contribution in [0.25, 0.3) is 33.3 Å². The molecular formula is C25H29ClN4. The second-order valence-corrected chi connectivity index (χ2v) is 9.12. The molecule has 0 unspecified atom stereocenters. The van der Waals surface area contributed by atoms with Crippen LogP contribution in [-0.2, 0) is 6.54 Å². The number of fused-ring (bicyclic) bond motifs is 2. The van der Waals surface area contributed by atoms with E-state index in [0.29, 0.717) is 0 Å². The Hall–Kier alpha value is -2.30. The van der Waals surface area contributed by atoms with Crippen LogP contribution in [0.4, 0.5) is 0 Å². The molecule has 0 aliphatic carbocycles. The van der Waals surface area contributed by atoms with E-state index in [-0.39, 0.29) is 0 Å². The lowest BCUT2D eigenvalue weighted by atomic mass is 9.92. The number of likely N-dealkylation sites (tertiary alicyclic amines) is 1. The molecule has 1 fully saturated rings. The van der Waals surface area contributed by atoms with Gasteiger partial charge in [0.1, 0.15) is 5.82 Å². The maximum Gasteiger partial charge on any atom is 0.139 e. The molecule has 0 radical (unpaired) electrons. The fourth-order valence-corrected chi connectivity index (χ4v) is 5.15. The highest BCUT2D eigenvalue weighted by Crippen LogP contribution is 2.35. The van der Waals surface area contributed by atoms with Crippen molar-refractivity contribution in [2.24, 2.45) is 5.92 Å². The van der Waals surface area contributed by atoms with Crippen molar-refractivity contribution >= 4 is 33.5 Å². The zero-order chi connectivity index (χ0) is 20.5. The third kappa shape index (κ3) is 3.86. The summed E-state index contributed by atoms with van der Waals surface area (Å²) in [6.45, 7) is 3.53. The van der Waals surface area contributed by atoms with Gasteiger partial charge in [0.25, 0.3) is 0 Å². The quantitative estimate of drug-likeness (QED) is 0.369. The summed E-state index contributed by atoms with van der Waals surface area (Å²) < 4.78 is 2.32. The molecule has 0 spiro atoms. The number of benzene rings is 2. The number of H-pyrrole nitrogens is 1. The Morgan fingerprint density at radius 3 is 2.73 bits per heavy atom. The molecule has 4 aromatic rings. The van der Waals surface area contributed by atoms with Crippen LogP contribution in [0.5, 0.6) is 0 Å². The fraction of sp³-hybridized carbons (Fsp3) is 0.400. The molecule has 30 heavy (non-hydrogen) atoms. The predicted molar refractivity (Wildman–Crippen MR) is 126 cm³/mol. The lowest BCUT2D eigenvalue weighted by molar-refractivity contribution is 0.209. The molecule has 1 saturated heterocycles. The van der Waals surface area contributed by atoms with E-state index in [1.165, 1.54) is 50.7 Å². The summed E-state index contributed by atoms with van der Waals surface area (Å²) in [5.74, 6) is 1.79. The van der Waals surface area contributed by atoms with E-state index in [0.717, 1.165) is 45.3 Å². The first kappa shape index (κ1) is 19.7. The Balaban J connectivity index is 1.33. The molecule has 5 rings (SSSR count). The highest BCUT2D eigenvalue weighted by atomic mass is 35.5. The molecule has 4 nitrogen and oxygen atoms in total. The summed E-state index contributed by atoms with van der Waals surface area (Å²) in [6.07, 6.45) is 8.64. The largest absolute Gasteiger partial charge is 0.346 e. The minimum absolute atomic E-state index is 0.802. The van der Waals surface area contributed by atoms with E-state index >= 15 is 0 Å². The van der Waals surface area contributed by atoms with Crippen LogP contribution in [0.3, 0.4) is 0 Å². The smallest absolute Gasteiger partial charge is 0.139 e. The zero-order valence-corrected chi connectivity index (χ0v) is 18.3. The van der Waals surface area contributed by atoms with Crippen LogP contribution in [0.2, 0.25) is 5.02 Å². The number of aromatic amines is 1. The van der Waals surface area contributed by atoms with Gasteiger partial charge in [-0.1, -0.05) is 48.7 Å². The topological polar surface area (TPSA) is 36.9 Å². The normalized spacial score (nSPS) is 16.1. The Morgan fingerprint density at radius 1 is 1.07 bits per heavy atom. The van der Waals surface area contributed by atoms with Crippen molar-refractivity contribution < 1.29 is 0 Å². The summed E-state index contributed by atoms with van der Waals surface area (Å²) in [6, 6.07) is 14.5. The van der Waals surface area contributed by atoms with Crippen LogP contribution in [0, 0.1) is 5.92 Å². The van der Waals surface area contributed by atoms with Crippen molar-refractivity contribution in [3.63, 3.8) is 0 Å². The van der Waals surface area contributed by atoms with Gasteiger partial charge in [-0.3, -0.25) is 0 Å². The first-order valence-corrected chi connectivity index (χ1v) is 11.5. The molecule has 1 aliphatic rings. The summed E-state index contributed by atoms with van der Waals surface area (Å²) in [4.78, 5) is 10.7. The number of aryl methyl sites for hydroxylation is 1. The summed E-state index contributed by atoms with van der Waals surface area (Å²) in [7, 11) is 2.23. The number of imidazole rings is 1. The number of unbranched alkanes of at least 4 members (excludes halogenated alkanes) is 1. The Kier molecular flexibility index (Phi) is 5.53. The van der Waals surface area contributed by atoms with Crippen LogP contribution >= 0.6 is 11.6 Å². The van der Waals surface area contributed by atoms with Crippen LogP contribution in [0.15, 0.2) is 48.7 Å². The maximum absolute atomic E-state index is 6.71. The van der Waals surface area contributed by atoms with Gasteiger partial charge in [-0.15, -0.1) is 0 Å². The zero-order valence-electron chi connectivity index (χ0n) is 17.6. The number of para-hydroxylation sites is 2. The van der Waals surface area contributed by atoms with E-state index in [1.54, 1.807) is 0 Å². The average Bonchev–Trinajstić information content (AvgIpc) is 3.34. The van der Waals surface area contributed by atoms with E-state index < -0.39 is 0 Å². The number of hydrogen-bond acceptors (Lipinski definition) is 2. The van der Waals surface area contributed by atoms with Crippen LogP contribution in [-0.4, -0.2) is 39.6 Å². The lowest BCUT2D eigenvalue weighted by Crippen LogP contribution is -2.30. The molecular weight excluding hydrogens is 392 g/mol. The Morgan fingerprint density at radius 2 is 1.90 bits per heavy atom. The van der Waals surface area contributed by atoms with Crippen LogP contribution < -0.4 is 0 Å². The molecule has 2 aromatic carbocycles. The van der Waals surface area contributed by atoms with Crippen molar-refractivity contribution in [3.05, 3.63) is 53.7 Å². The Labute approximate surface area is 182 Å². The summed E-state index contributed by atoms with van der Waals surface area (Å²) in [5.41, 5.74) is 4.29. The van der Waals surface area contributed by atoms with Gasteiger partial charge in [-0.2, -0.15) is 0 Å². The lowest BCUT2D eigenvalue weighted by Gasteiger charge is -2.28. The highest BCUT2D eigenvalue weighted by Gasteiger charge is 2.17. The van der Waals surface area contributed by atoms with Crippen LogP contribution in [0.1, 0.15) is 32.1 Å². The van der Waals surface area contributed by atoms with Gasteiger partial charge in [-0.25, -0.2) is 4.98 Å². The predicted octanol–water partition coefficient (Wildman–Crippen LogP) is 6.35. The van der Waals surface area contributed by atoms with Gasteiger partial charge in [-0.05, 0) is 63.5 Å². The third-order valence-electron chi connectivity index (χ3n) is 6.60. The minimum Gasteiger partial charge on any atom is -0.346 e. The molecule has 1 N–H and O–H groups in total. The van der Waals surface area contributed by atoms with Crippen molar-refractivity contribution in [3.8, 4) is 11.4 Å². The van der Waals surface area contributed by atoms with E-state index in [9.17, 15) is 0 Å². The van der Waals surface area contributed by atoms with Gasteiger partial charge in [0, 0.05) is 23.7 Å². The SMILES string of the molecule is CN1CCC(CCCCn2cc(Cl)c3c(-c4nc5ccccc5[nH]4)cccc32)CC1. The van der Waals surface area contributed by atoms with E-state index in [4.69, 9.17) is 16.6 Å². The number of rotatable bonds is 6. The standard InChI is InChI=1S/C25H29ClN4/c1-29-15-12-18(13-16-29)7-4-5-14-30-17-20(26)24-19(8-6-11-23(24)30)25-27-21-9-2-3-10-22(21)28-25/h2-3,6,8-11,17-18H,4-5,7,12-16H2,1H3,(H,27,28). The number of nitrogens with one attached hydrogen (secondary N) is 1. The minimum atomic E-state index is 0.802. The number of halogens is 1. The number of aromatic nitrogens is 3. The molecule has 2 aromatic heterocycles. The van der Waals surface area contributed by atoms with E-state index in [1.807, 2.05) is 18.2 Å². The Bertz CT molecular complexity index is 1120. The van der Waals surface area contributed by atoms with Crippen molar-refractivity contribution in [2.45, 2.75) is 38.6 Å². The van der Waals surface area contributed by atoms with Gasteiger partial charge < -0.3 is 14.5 Å². The first-order valence-electron chi connectivity index (χ1n) is 11.1. The monoisotopic (exact) mass is 420 g/mol. The second-order valence-electron chi connectivity index (χ2n) is 8.72. The molecule has 156 valence electrons. The number of piperidine rings is 1. The van der Waals surface area contributed by atoms with Gasteiger partial charge in [0.15, 0.2) is 0 Å². The van der Waals surface area contributed by atoms with Gasteiger partial charge in [0.2, 0.25) is 0 Å². The molecule has 0 saturated carbocycles. The molecule has 0 atom stereocenters. The van der Waals surface area contributed by atoms with E-state index in [2.05, 4.69) is 52.0 Å². The number of nitrogens with zero attached hydrogens (tertiary/aromatic N) is 3. The van der Waals surface area contributed by atoms with Crippen molar-refractivity contribution in [1.29, 1.82) is 0 Å². The molecule has 0 amide bonds. The molecule has 3 heterocycles. The highest BCUT2D eigenvalue weighted by molar-refractivity contribution is 6.36.